The van der Waals surface area contributed by atoms with Crippen LogP contribution in [0.15, 0.2) is 0 Å². The van der Waals surface area contributed by atoms with Gasteiger partial charge in [-0.3, -0.25) is 4.79 Å². The molecule has 0 heterocycles. The van der Waals surface area contributed by atoms with E-state index in [1.54, 1.807) is 0 Å². The minimum atomic E-state index is -5.61. The molecule has 0 saturated heterocycles. The van der Waals surface area contributed by atoms with Crippen molar-refractivity contribution >= 4 is 5.97 Å². The van der Waals surface area contributed by atoms with E-state index in [4.69, 9.17) is 0 Å². The second kappa shape index (κ2) is 4.28. The summed E-state index contributed by atoms with van der Waals surface area (Å²) < 4.78 is 83.2. The largest absolute Gasteiger partial charge is 0.459 e. The number of ether oxygens (including phenoxy) is 1. The van der Waals surface area contributed by atoms with Gasteiger partial charge in [-0.05, 0) is 27.2 Å². The van der Waals surface area contributed by atoms with Crippen molar-refractivity contribution in [1.82, 2.24) is 0 Å². The molecule has 0 unspecified atom stereocenters. The second-order valence-electron chi connectivity index (χ2n) is 5.33. The van der Waals surface area contributed by atoms with Crippen molar-refractivity contribution in [3.8, 4) is 0 Å². The lowest BCUT2D eigenvalue weighted by molar-refractivity contribution is -0.318. The van der Waals surface area contributed by atoms with Crippen LogP contribution in [0.25, 0.3) is 0 Å². The lowest BCUT2D eigenvalue weighted by Gasteiger charge is -2.41. The molecular formula is C11H13F6O2. The van der Waals surface area contributed by atoms with E-state index < -0.39 is 48.1 Å². The van der Waals surface area contributed by atoms with Crippen molar-refractivity contribution in [3.63, 3.8) is 0 Å². The van der Waals surface area contributed by atoms with Crippen molar-refractivity contribution in [1.29, 1.82) is 0 Å². The van der Waals surface area contributed by atoms with Crippen LogP contribution in [0, 0.1) is 5.92 Å². The van der Waals surface area contributed by atoms with Crippen LogP contribution in [0.1, 0.15) is 33.6 Å². The molecule has 8 heteroatoms. The predicted octanol–water partition coefficient (Wildman–Crippen LogP) is 3.60. The third kappa shape index (κ3) is 2.67. The Bertz CT molecular complexity index is 372. The number of alkyl halides is 6. The van der Waals surface area contributed by atoms with E-state index in [0.29, 0.717) is 0 Å². The summed E-state index contributed by atoms with van der Waals surface area (Å²) in [6, 6.07) is 0. The van der Waals surface area contributed by atoms with Crippen LogP contribution < -0.4 is 0 Å². The highest BCUT2D eigenvalue weighted by Gasteiger charge is 2.78. The Morgan fingerprint density at radius 2 is 1.58 bits per heavy atom. The van der Waals surface area contributed by atoms with Gasteiger partial charge in [0.2, 0.25) is 0 Å². The van der Waals surface area contributed by atoms with Crippen LogP contribution in [0.5, 0.6) is 0 Å². The Labute approximate surface area is 106 Å². The number of hydrogen-bond acceptors (Lipinski definition) is 2. The Kier molecular flexibility index (Phi) is 3.62. The number of halogens is 6. The lowest BCUT2D eigenvalue weighted by Crippen LogP contribution is -2.62. The number of carbonyl (C=O) groups is 1. The van der Waals surface area contributed by atoms with Crippen molar-refractivity contribution in [2.24, 2.45) is 0 Å². The minimum Gasteiger partial charge on any atom is -0.459 e. The first kappa shape index (κ1) is 16.1. The predicted molar refractivity (Wildman–Crippen MR) is 53.2 cm³/mol. The summed E-state index contributed by atoms with van der Waals surface area (Å²) in [4.78, 5) is 11.4. The van der Waals surface area contributed by atoms with Crippen molar-refractivity contribution < 1.29 is 35.9 Å². The highest BCUT2D eigenvalue weighted by Crippen LogP contribution is 2.57. The number of rotatable bonds is 1. The first-order chi connectivity index (χ1) is 8.22. The van der Waals surface area contributed by atoms with Crippen LogP contribution in [0.3, 0.4) is 0 Å². The van der Waals surface area contributed by atoms with E-state index in [2.05, 4.69) is 4.74 Å². The maximum absolute atomic E-state index is 13.4. The fourth-order valence-electron chi connectivity index (χ4n) is 1.59. The standard InChI is InChI=1S/C11H13F6O2/c1-8(2,3)19-7(18)6-4-5-9(12,13)11(16,17)10(6,14)15/h4-5H2,1-3H3. The van der Waals surface area contributed by atoms with Crippen molar-refractivity contribution in [3.05, 3.63) is 5.92 Å². The Hall–Kier alpha value is -0.950. The molecule has 0 spiro atoms. The topological polar surface area (TPSA) is 26.3 Å². The maximum atomic E-state index is 13.4. The first-order valence-corrected chi connectivity index (χ1v) is 5.45. The van der Waals surface area contributed by atoms with E-state index in [1.807, 2.05) is 0 Å². The third-order valence-corrected chi connectivity index (χ3v) is 2.57. The van der Waals surface area contributed by atoms with Gasteiger partial charge >= 0.3 is 23.7 Å². The van der Waals surface area contributed by atoms with Crippen molar-refractivity contribution in [2.75, 3.05) is 0 Å². The summed E-state index contributed by atoms with van der Waals surface area (Å²) in [5, 5.41) is 0. The molecule has 1 radical (unpaired) electrons. The Balaban J connectivity index is 3.04. The average Bonchev–Trinajstić information content (AvgIpc) is 2.11. The van der Waals surface area contributed by atoms with Crippen LogP contribution in [-0.4, -0.2) is 29.3 Å². The smallest absolute Gasteiger partial charge is 0.373 e. The molecule has 0 aliphatic heterocycles. The average molecular weight is 291 g/mol. The highest BCUT2D eigenvalue weighted by atomic mass is 19.3. The molecule has 0 bridgehead atoms. The zero-order chi connectivity index (χ0) is 15.3. The zero-order valence-electron chi connectivity index (χ0n) is 10.5. The summed E-state index contributed by atoms with van der Waals surface area (Å²) in [6.45, 7) is 4.04. The van der Waals surface area contributed by atoms with Gasteiger partial charge < -0.3 is 4.74 Å². The van der Waals surface area contributed by atoms with Crippen LogP contribution in [-0.2, 0) is 9.53 Å². The van der Waals surface area contributed by atoms with Gasteiger partial charge in [0.15, 0.2) is 5.92 Å². The molecule has 111 valence electrons. The molecule has 0 aromatic carbocycles. The molecule has 2 nitrogen and oxygen atoms in total. The molecule has 1 rings (SSSR count). The molecule has 0 amide bonds. The summed E-state index contributed by atoms with van der Waals surface area (Å²) >= 11 is 0. The van der Waals surface area contributed by atoms with E-state index in [0.717, 1.165) is 0 Å². The molecule has 1 aliphatic rings. The van der Waals surface area contributed by atoms with E-state index in [-0.39, 0.29) is 0 Å². The second-order valence-corrected chi connectivity index (χ2v) is 5.33. The summed E-state index contributed by atoms with van der Waals surface area (Å²) in [7, 11) is 0. The van der Waals surface area contributed by atoms with Crippen molar-refractivity contribution in [2.45, 2.75) is 57.0 Å². The molecule has 19 heavy (non-hydrogen) atoms. The van der Waals surface area contributed by atoms with E-state index in [1.165, 1.54) is 20.8 Å². The molecule has 0 atom stereocenters. The quantitative estimate of drug-likeness (QED) is 0.545. The summed E-state index contributed by atoms with van der Waals surface area (Å²) in [5.41, 5.74) is -1.19. The van der Waals surface area contributed by atoms with Gasteiger partial charge in [0.1, 0.15) is 5.60 Å². The lowest BCUT2D eigenvalue weighted by atomic mass is 9.80. The van der Waals surface area contributed by atoms with E-state index >= 15 is 0 Å². The molecule has 0 aromatic rings. The Morgan fingerprint density at radius 3 is 2.00 bits per heavy atom. The first-order valence-electron chi connectivity index (χ1n) is 5.45. The molecular weight excluding hydrogens is 278 g/mol. The summed E-state index contributed by atoms with van der Waals surface area (Å²) in [5.74, 6) is -19.0. The normalized spacial score (nSPS) is 25.9. The third-order valence-electron chi connectivity index (χ3n) is 2.57. The number of esters is 1. The number of carbonyl (C=O) groups excluding carboxylic acids is 1. The van der Waals surface area contributed by atoms with Gasteiger partial charge in [-0.15, -0.1) is 0 Å². The number of hydrogen-bond donors (Lipinski definition) is 0. The molecule has 1 fully saturated rings. The van der Waals surface area contributed by atoms with Gasteiger partial charge in [-0.25, -0.2) is 0 Å². The van der Waals surface area contributed by atoms with Gasteiger partial charge in [0, 0.05) is 6.42 Å². The Morgan fingerprint density at radius 1 is 1.11 bits per heavy atom. The minimum absolute atomic E-state index is 1.13. The molecule has 1 saturated carbocycles. The van der Waals surface area contributed by atoms with Crippen LogP contribution in [0.4, 0.5) is 26.3 Å². The van der Waals surface area contributed by atoms with Crippen LogP contribution in [0.2, 0.25) is 0 Å². The molecule has 1 aliphatic carbocycles. The van der Waals surface area contributed by atoms with Gasteiger partial charge in [0.25, 0.3) is 0 Å². The highest BCUT2D eigenvalue weighted by molar-refractivity contribution is 5.87. The van der Waals surface area contributed by atoms with Crippen LogP contribution >= 0.6 is 0 Å². The fourth-order valence-corrected chi connectivity index (χ4v) is 1.59. The molecule has 0 N–H and O–H groups in total. The van der Waals surface area contributed by atoms with Gasteiger partial charge in [-0.1, -0.05) is 0 Å². The van der Waals surface area contributed by atoms with E-state index in [9.17, 15) is 31.1 Å². The van der Waals surface area contributed by atoms with Gasteiger partial charge in [-0.2, -0.15) is 26.3 Å². The van der Waals surface area contributed by atoms with Gasteiger partial charge in [0.05, 0.1) is 0 Å². The molecule has 0 aromatic heterocycles. The SMILES string of the molecule is CC(C)(C)OC(=O)[C]1CCC(F)(F)C(F)(F)C1(F)F. The summed E-state index contributed by atoms with van der Waals surface area (Å²) in [6.07, 6.45) is -2.66. The maximum Gasteiger partial charge on any atom is 0.373 e. The monoisotopic (exact) mass is 291 g/mol. The fraction of sp³-hybridized carbons (Fsp3) is 0.818. The zero-order valence-corrected chi connectivity index (χ0v) is 10.5.